The van der Waals surface area contributed by atoms with E-state index in [2.05, 4.69) is 22.3 Å². The molecule has 0 unspecified atom stereocenters. The highest BCUT2D eigenvalue weighted by Gasteiger charge is 2.50. The molecule has 2 rings (SSSR count). The highest BCUT2D eigenvalue weighted by molar-refractivity contribution is 6.06. The van der Waals surface area contributed by atoms with Crippen molar-refractivity contribution in [3.05, 3.63) is 12.2 Å². The first-order chi connectivity index (χ1) is 9.58. The summed E-state index contributed by atoms with van der Waals surface area (Å²) in [6, 6.07) is -0.343. The molecule has 0 atom stereocenters. The number of aryl methyl sites for hydroxylation is 1. The predicted octanol–water partition coefficient (Wildman–Crippen LogP) is 1.30. The molecular weight excluding hydrogens is 258 g/mol. The molecule has 1 aliphatic rings. The van der Waals surface area contributed by atoms with Crippen LogP contribution in [0.25, 0.3) is 0 Å². The molecule has 20 heavy (non-hydrogen) atoms. The molecule has 0 saturated carbocycles. The summed E-state index contributed by atoms with van der Waals surface area (Å²) in [5.41, 5.74) is -0.764. The smallest absolute Gasteiger partial charge is 0.302 e. The van der Waals surface area contributed by atoms with Crippen molar-refractivity contribution < 1.29 is 9.59 Å². The lowest BCUT2D eigenvalue weighted by Gasteiger charge is -2.33. The van der Waals surface area contributed by atoms with E-state index < -0.39 is 5.54 Å². The van der Waals surface area contributed by atoms with Crippen molar-refractivity contribution in [2.24, 2.45) is 0 Å². The SMILES string of the molecule is CCCn1ncnc1CN1C(=O)NC(=O)C1(CC)CC. The molecule has 0 spiro atoms. The molecule has 0 aliphatic carbocycles. The molecule has 7 heteroatoms. The standard InChI is InChI=1S/C13H21N5O2/c1-4-7-18-10(14-9-15-18)8-17-12(20)16-11(19)13(17,5-2)6-3/h9H,4-8H2,1-3H3,(H,16,19,20). The van der Waals surface area contributed by atoms with Gasteiger partial charge in [-0.2, -0.15) is 5.10 Å². The van der Waals surface area contributed by atoms with Crippen molar-refractivity contribution in [3.63, 3.8) is 0 Å². The zero-order valence-electron chi connectivity index (χ0n) is 12.2. The number of hydrogen-bond acceptors (Lipinski definition) is 4. The molecule has 1 aromatic rings. The summed E-state index contributed by atoms with van der Waals surface area (Å²) in [5.74, 6) is 0.497. The zero-order valence-corrected chi connectivity index (χ0v) is 12.2. The van der Waals surface area contributed by atoms with Crippen LogP contribution >= 0.6 is 0 Å². The average molecular weight is 279 g/mol. The third-order valence-corrected chi connectivity index (χ3v) is 4.01. The minimum absolute atomic E-state index is 0.214. The van der Waals surface area contributed by atoms with Gasteiger partial charge in [-0.15, -0.1) is 0 Å². The van der Waals surface area contributed by atoms with Gasteiger partial charge in [-0.3, -0.25) is 10.1 Å². The summed E-state index contributed by atoms with van der Waals surface area (Å²) in [6.45, 7) is 6.96. The Morgan fingerprint density at radius 1 is 1.25 bits per heavy atom. The lowest BCUT2D eigenvalue weighted by atomic mass is 9.91. The predicted molar refractivity (Wildman–Crippen MR) is 72.7 cm³/mol. The molecule has 0 aromatic carbocycles. The van der Waals surface area contributed by atoms with Crippen LogP contribution in [0.15, 0.2) is 6.33 Å². The molecular formula is C13H21N5O2. The van der Waals surface area contributed by atoms with E-state index in [-0.39, 0.29) is 11.9 Å². The van der Waals surface area contributed by atoms with E-state index in [4.69, 9.17) is 0 Å². The van der Waals surface area contributed by atoms with Crippen molar-refractivity contribution in [2.75, 3.05) is 0 Å². The normalized spacial score (nSPS) is 17.6. The number of nitrogens with zero attached hydrogens (tertiary/aromatic N) is 4. The van der Waals surface area contributed by atoms with Crippen LogP contribution in [0.1, 0.15) is 45.9 Å². The second-order valence-corrected chi connectivity index (χ2v) is 4.98. The topological polar surface area (TPSA) is 80.1 Å². The molecule has 3 amide bonds. The molecule has 2 heterocycles. The van der Waals surface area contributed by atoms with Crippen LogP contribution in [0.2, 0.25) is 0 Å². The fourth-order valence-electron chi connectivity index (χ4n) is 2.72. The van der Waals surface area contributed by atoms with Gasteiger partial charge in [-0.25, -0.2) is 14.5 Å². The number of imide groups is 1. The highest BCUT2D eigenvalue weighted by atomic mass is 16.2. The fraction of sp³-hybridized carbons (Fsp3) is 0.692. The van der Waals surface area contributed by atoms with E-state index in [0.717, 1.165) is 13.0 Å². The van der Waals surface area contributed by atoms with Gasteiger partial charge in [0, 0.05) is 6.54 Å². The first-order valence-corrected chi connectivity index (χ1v) is 7.08. The minimum atomic E-state index is -0.764. The van der Waals surface area contributed by atoms with Gasteiger partial charge in [-0.05, 0) is 19.3 Å². The number of carbonyl (C=O) groups excluding carboxylic acids is 2. The Morgan fingerprint density at radius 3 is 2.55 bits per heavy atom. The number of aromatic nitrogens is 3. The molecule has 110 valence electrons. The van der Waals surface area contributed by atoms with Gasteiger partial charge in [-0.1, -0.05) is 20.8 Å². The maximum absolute atomic E-state index is 12.1. The number of urea groups is 1. The number of nitrogens with one attached hydrogen (secondary N) is 1. The second kappa shape index (κ2) is 5.60. The third kappa shape index (κ3) is 2.17. The van der Waals surface area contributed by atoms with Gasteiger partial charge in [0.25, 0.3) is 5.91 Å². The van der Waals surface area contributed by atoms with Crippen molar-refractivity contribution in [1.29, 1.82) is 0 Å². The van der Waals surface area contributed by atoms with Gasteiger partial charge in [0.2, 0.25) is 0 Å². The van der Waals surface area contributed by atoms with Crippen LogP contribution < -0.4 is 5.32 Å². The highest BCUT2D eigenvalue weighted by Crippen LogP contribution is 2.30. The monoisotopic (exact) mass is 279 g/mol. The van der Waals surface area contributed by atoms with Crippen LogP contribution in [0.3, 0.4) is 0 Å². The van der Waals surface area contributed by atoms with Crippen molar-refractivity contribution in [1.82, 2.24) is 25.0 Å². The van der Waals surface area contributed by atoms with E-state index in [0.29, 0.717) is 25.2 Å². The van der Waals surface area contributed by atoms with Gasteiger partial charge >= 0.3 is 6.03 Å². The lowest BCUT2D eigenvalue weighted by Crippen LogP contribution is -2.48. The summed E-state index contributed by atoms with van der Waals surface area (Å²) in [5, 5.41) is 6.57. The number of rotatable bonds is 6. The van der Waals surface area contributed by atoms with E-state index in [1.807, 2.05) is 13.8 Å². The maximum Gasteiger partial charge on any atom is 0.325 e. The first-order valence-electron chi connectivity index (χ1n) is 7.08. The van der Waals surface area contributed by atoms with Gasteiger partial charge < -0.3 is 4.90 Å². The fourth-order valence-corrected chi connectivity index (χ4v) is 2.72. The minimum Gasteiger partial charge on any atom is -0.302 e. The van der Waals surface area contributed by atoms with Crippen LogP contribution in [0.4, 0.5) is 4.79 Å². The number of hydrogen-bond donors (Lipinski definition) is 1. The third-order valence-electron chi connectivity index (χ3n) is 4.01. The van der Waals surface area contributed by atoms with Crippen molar-refractivity contribution in [2.45, 2.75) is 58.7 Å². The summed E-state index contributed by atoms with van der Waals surface area (Å²) in [4.78, 5) is 30.0. The van der Waals surface area contributed by atoms with Crippen molar-refractivity contribution in [3.8, 4) is 0 Å². The van der Waals surface area contributed by atoms with E-state index in [9.17, 15) is 9.59 Å². The van der Waals surface area contributed by atoms with Gasteiger partial charge in [0.1, 0.15) is 17.7 Å². The Balaban J connectivity index is 2.28. The molecule has 1 aliphatic heterocycles. The van der Waals surface area contributed by atoms with E-state index in [1.165, 1.54) is 6.33 Å². The Kier molecular flexibility index (Phi) is 4.06. The number of carbonyl (C=O) groups is 2. The Morgan fingerprint density at radius 2 is 1.95 bits per heavy atom. The van der Waals surface area contributed by atoms with Crippen LogP contribution in [0.5, 0.6) is 0 Å². The Bertz CT molecular complexity index is 507. The molecule has 0 bridgehead atoms. The maximum atomic E-state index is 12.1. The largest absolute Gasteiger partial charge is 0.325 e. The number of amides is 3. The summed E-state index contributed by atoms with van der Waals surface area (Å²) < 4.78 is 1.78. The molecule has 0 radical (unpaired) electrons. The zero-order chi connectivity index (χ0) is 14.8. The molecule has 1 N–H and O–H groups in total. The van der Waals surface area contributed by atoms with E-state index in [1.54, 1.807) is 9.58 Å². The van der Waals surface area contributed by atoms with Gasteiger partial charge in [0.15, 0.2) is 0 Å². The quantitative estimate of drug-likeness (QED) is 0.796. The van der Waals surface area contributed by atoms with Crippen molar-refractivity contribution >= 4 is 11.9 Å². The Hall–Kier alpha value is -1.92. The average Bonchev–Trinajstić information content (AvgIpc) is 2.95. The second-order valence-electron chi connectivity index (χ2n) is 4.98. The molecule has 1 fully saturated rings. The molecule has 7 nitrogen and oxygen atoms in total. The summed E-state index contributed by atoms with van der Waals surface area (Å²) in [7, 11) is 0. The van der Waals surface area contributed by atoms with E-state index >= 15 is 0 Å². The molecule has 1 saturated heterocycles. The van der Waals surface area contributed by atoms with Crippen LogP contribution in [-0.4, -0.2) is 37.1 Å². The van der Waals surface area contributed by atoms with Gasteiger partial charge in [0.05, 0.1) is 6.54 Å². The lowest BCUT2D eigenvalue weighted by molar-refractivity contribution is -0.127. The first kappa shape index (κ1) is 14.5. The summed E-state index contributed by atoms with van der Waals surface area (Å²) >= 11 is 0. The Labute approximate surface area is 118 Å². The van der Waals surface area contributed by atoms with Crippen LogP contribution in [0, 0.1) is 0 Å². The molecule has 1 aromatic heterocycles. The van der Waals surface area contributed by atoms with Crippen LogP contribution in [-0.2, 0) is 17.9 Å². The summed E-state index contributed by atoms with van der Waals surface area (Å²) in [6.07, 6.45) is 3.60.